The lowest BCUT2D eigenvalue weighted by atomic mass is 10.2. The number of ether oxygens (including phenoxy) is 1. The van der Waals surface area contributed by atoms with Crippen molar-refractivity contribution in [3.63, 3.8) is 0 Å². The molecular formula is C8H9FO3S. The highest BCUT2D eigenvalue weighted by atomic mass is 32.1. The lowest BCUT2D eigenvalue weighted by Crippen LogP contribution is -1.99. The van der Waals surface area contributed by atoms with Crippen molar-refractivity contribution in [3.05, 3.63) is 21.9 Å². The van der Waals surface area contributed by atoms with Gasteiger partial charge >= 0.3 is 5.97 Å². The summed E-state index contributed by atoms with van der Waals surface area (Å²) in [5.41, 5.74) is 0.343. The predicted octanol–water partition coefficient (Wildman–Crippen LogP) is 1.54. The second kappa shape index (κ2) is 4.34. The van der Waals surface area contributed by atoms with E-state index in [-0.39, 0.29) is 0 Å². The number of carbonyl (C=O) groups excluding carboxylic acids is 1. The maximum absolute atomic E-state index is 12.0. The molecule has 1 aromatic rings. The normalized spacial score (nSPS) is 12.5. The van der Waals surface area contributed by atoms with Gasteiger partial charge in [0.1, 0.15) is 12.8 Å². The number of thiophene rings is 1. The first-order chi connectivity index (χ1) is 6.19. The Bertz CT molecular complexity index is 297. The summed E-state index contributed by atoms with van der Waals surface area (Å²) in [4.78, 5) is 11.4. The summed E-state index contributed by atoms with van der Waals surface area (Å²) in [6.07, 6.45) is -1.14. The summed E-state index contributed by atoms with van der Waals surface area (Å²) >= 11 is 1.14. The van der Waals surface area contributed by atoms with Crippen LogP contribution in [0, 0.1) is 0 Å². The first-order valence-corrected chi connectivity index (χ1v) is 4.47. The summed E-state index contributed by atoms with van der Waals surface area (Å²) in [5.74, 6) is -0.478. The van der Waals surface area contributed by atoms with Gasteiger partial charge in [0.2, 0.25) is 0 Å². The number of rotatable bonds is 3. The summed E-state index contributed by atoms with van der Waals surface area (Å²) in [7, 11) is 1.27. The number of hydrogen-bond donors (Lipinski definition) is 1. The van der Waals surface area contributed by atoms with Crippen LogP contribution in [-0.2, 0) is 4.74 Å². The zero-order chi connectivity index (χ0) is 9.84. The molecule has 0 fully saturated rings. The molecule has 0 spiro atoms. The lowest BCUT2D eigenvalue weighted by molar-refractivity contribution is 0.0601. The molecule has 0 saturated heterocycles. The summed E-state index contributed by atoms with van der Waals surface area (Å²) in [5, 5.41) is 10.6. The van der Waals surface area contributed by atoms with E-state index in [1.54, 1.807) is 0 Å². The van der Waals surface area contributed by atoms with Crippen molar-refractivity contribution in [3.8, 4) is 0 Å². The third-order valence-corrected chi connectivity index (χ3v) is 2.55. The monoisotopic (exact) mass is 204 g/mol. The topological polar surface area (TPSA) is 46.5 Å². The summed E-state index contributed by atoms with van der Waals surface area (Å²) < 4.78 is 16.5. The molecule has 72 valence electrons. The van der Waals surface area contributed by atoms with E-state index in [1.807, 2.05) is 0 Å². The Morgan fingerprint density at radius 1 is 1.85 bits per heavy atom. The van der Waals surface area contributed by atoms with E-state index in [9.17, 15) is 9.18 Å². The van der Waals surface area contributed by atoms with Gasteiger partial charge in [0.25, 0.3) is 0 Å². The fraction of sp³-hybridized carbons (Fsp3) is 0.375. The minimum atomic E-state index is -1.14. The van der Waals surface area contributed by atoms with Gasteiger partial charge in [0.05, 0.1) is 12.7 Å². The first kappa shape index (κ1) is 10.1. The van der Waals surface area contributed by atoms with Gasteiger partial charge < -0.3 is 9.84 Å². The predicted molar refractivity (Wildman–Crippen MR) is 46.6 cm³/mol. The quantitative estimate of drug-likeness (QED) is 0.759. The largest absolute Gasteiger partial charge is 0.465 e. The highest BCUT2D eigenvalue weighted by molar-refractivity contribution is 7.10. The van der Waals surface area contributed by atoms with Gasteiger partial charge in [-0.3, -0.25) is 0 Å². The Kier molecular flexibility index (Phi) is 3.39. The third kappa shape index (κ3) is 2.26. The minimum Gasteiger partial charge on any atom is -0.465 e. The Labute approximate surface area is 78.8 Å². The Morgan fingerprint density at radius 2 is 2.54 bits per heavy atom. The number of methoxy groups -OCH3 is 1. The van der Waals surface area contributed by atoms with E-state index in [0.717, 1.165) is 11.3 Å². The van der Waals surface area contributed by atoms with E-state index < -0.39 is 18.7 Å². The third-order valence-electron chi connectivity index (χ3n) is 1.52. The molecule has 0 aromatic carbocycles. The van der Waals surface area contributed by atoms with E-state index in [2.05, 4.69) is 4.74 Å². The SMILES string of the molecule is COC(=O)c1csc(C(O)CF)c1. The van der Waals surface area contributed by atoms with E-state index in [4.69, 9.17) is 5.11 Å². The molecule has 1 atom stereocenters. The van der Waals surface area contributed by atoms with Gasteiger partial charge in [-0.1, -0.05) is 0 Å². The van der Waals surface area contributed by atoms with Crippen molar-refractivity contribution in [2.75, 3.05) is 13.8 Å². The minimum absolute atomic E-state index is 0.343. The molecule has 0 bridgehead atoms. The van der Waals surface area contributed by atoms with Crippen LogP contribution >= 0.6 is 11.3 Å². The standard InChI is InChI=1S/C8H9FO3S/c1-12-8(11)5-2-7(13-4-5)6(10)3-9/h2,4,6,10H,3H2,1H3. The number of halogens is 1. The van der Waals surface area contributed by atoms with E-state index >= 15 is 0 Å². The van der Waals surface area contributed by atoms with Gasteiger partial charge in [0.15, 0.2) is 0 Å². The number of esters is 1. The Morgan fingerprint density at radius 3 is 3.08 bits per heavy atom. The molecule has 0 saturated carbocycles. The maximum Gasteiger partial charge on any atom is 0.338 e. The summed E-state index contributed by atoms with van der Waals surface area (Å²) in [6, 6.07) is 1.43. The second-order valence-electron chi connectivity index (χ2n) is 2.40. The molecule has 0 aliphatic heterocycles. The molecule has 1 rings (SSSR count). The van der Waals surface area contributed by atoms with Crippen LogP contribution in [0.25, 0.3) is 0 Å². The van der Waals surface area contributed by atoms with Crippen molar-refractivity contribution in [1.82, 2.24) is 0 Å². The number of aliphatic hydroxyl groups excluding tert-OH is 1. The molecule has 1 unspecified atom stereocenters. The summed E-state index contributed by atoms with van der Waals surface area (Å²) in [6.45, 7) is -0.846. The fourth-order valence-corrected chi connectivity index (χ4v) is 1.67. The molecule has 0 radical (unpaired) electrons. The highest BCUT2D eigenvalue weighted by Gasteiger charge is 2.13. The van der Waals surface area contributed by atoms with Gasteiger partial charge in [-0.25, -0.2) is 9.18 Å². The molecule has 1 N–H and O–H groups in total. The van der Waals surface area contributed by atoms with Crippen LogP contribution in [0.3, 0.4) is 0 Å². The van der Waals surface area contributed by atoms with Crippen LogP contribution in [0.2, 0.25) is 0 Å². The van der Waals surface area contributed by atoms with Crippen molar-refractivity contribution < 1.29 is 19.0 Å². The molecule has 0 amide bonds. The van der Waals surface area contributed by atoms with Crippen molar-refractivity contribution in [2.45, 2.75) is 6.10 Å². The van der Waals surface area contributed by atoms with Crippen LogP contribution in [0.15, 0.2) is 11.4 Å². The molecule has 1 heterocycles. The van der Waals surface area contributed by atoms with Gasteiger partial charge in [0, 0.05) is 10.3 Å². The Balaban J connectivity index is 2.80. The molecule has 1 aromatic heterocycles. The van der Waals surface area contributed by atoms with Gasteiger partial charge in [-0.2, -0.15) is 0 Å². The second-order valence-corrected chi connectivity index (χ2v) is 3.34. The van der Waals surface area contributed by atoms with Crippen molar-refractivity contribution in [1.29, 1.82) is 0 Å². The maximum atomic E-state index is 12.0. The number of carbonyl (C=O) groups is 1. The molecule has 0 aliphatic carbocycles. The molecule has 0 aliphatic rings. The van der Waals surface area contributed by atoms with Crippen LogP contribution in [0.5, 0.6) is 0 Å². The van der Waals surface area contributed by atoms with E-state index in [1.165, 1.54) is 18.6 Å². The zero-order valence-corrected chi connectivity index (χ0v) is 7.81. The number of aliphatic hydroxyl groups is 1. The van der Waals surface area contributed by atoms with Crippen LogP contribution in [0.1, 0.15) is 21.3 Å². The Hall–Kier alpha value is -0.940. The lowest BCUT2D eigenvalue weighted by Gasteiger charge is -1.99. The van der Waals surface area contributed by atoms with Gasteiger partial charge in [-0.15, -0.1) is 11.3 Å². The highest BCUT2D eigenvalue weighted by Crippen LogP contribution is 2.22. The van der Waals surface area contributed by atoms with Crippen LogP contribution in [-0.4, -0.2) is 24.9 Å². The zero-order valence-electron chi connectivity index (χ0n) is 6.99. The molecular weight excluding hydrogens is 195 g/mol. The number of alkyl halides is 1. The van der Waals surface area contributed by atoms with E-state index in [0.29, 0.717) is 10.4 Å². The smallest absolute Gasteiger partial charge is 0.338 e. The molecule has 3 nitrogen and oxygen atoms in total. The van der Waals surface area contributed by atoms with Crippen LogP contribution < -0.4 is 0 Å². The average molecular weight is 204 g/mol. The first-order valence-electron chi connectivity index (χ1n) is 3.59. The van der Waals surface area contributed by atoms with Gasteiger partial charge in [-0.05, 0) is 6.07 Å². The van der Waals surface area contributed by atoms with Crippen molar-refractivity contribution in [2.24, 2.45) is 0 Å². The fourth-order valence-electron chi connectivity index (χ4n) is 0.828. The van der Waals surface area contributed by atoms with Crippen molar-refractivity contribution >= 4 is 17.3 Å². The van der Waals surface area contributed by atoms with Crippen LogP contribution in [0.4, 0.5) is 4.39 Å². The number of hydrogen-bond acceptors (Lipinski definition) is 4. The molecule has 13 heavy (non-hydrogen) atoms. The molecule has 5 heteroatoms. The average Bonchev–Trinajstić information content (AvgIpc) is 2.64.